The molecule has 0 saturated carbocycles. The minimum absolute atomic E-state index is 0.147. The fraction of sp³-hybridized carbons (Fsp3) is 0.300. The van der Waals surface area contributed by atoms with Crippen LogP contribution in [0.5, 0.6) is 11.5 Å². The van der Waals surface area contributed by atoms with E-state index in [0.717, 1.165) is 5.75 Å². The van der Waals surface area contributed by atoms with Gasteiger partial charge >= 0.3 is 0 Å². The van der Waals surface area contributed by atoms with Crippen LogP contribution in [-0.2, 0) is 9.59 Å². The lowest BCUT2D eigenvalue weighted by Crippen LogP contribution is -2.25. The molecule has 2 aromatic carbocycles. The van der Waals surface area contributed by atoms with Crippen molar-refractivity contribution in [2.75, 3.05) is 30.1 Å². The number of carbonyl (C=O) groups is 2. The van der Waals surface area contributed by atoms with Crippen LogP contribution < -0.4 is 20.1 Å². The van der Waals surface area contributed by atoms with E-state index in [1.165, 1.54) is 18.9 Å². The number of rotatable bonds is 9. The summed E-state index contributed by atoms with van der Waals surface area (Å²) >= 11 is 7.21. The van der Waals surface area contributed by atoms with Crippen molar-refractivity contribution >= 4 is 46.6 Å². The van der Waals surface area contributed by atoms with E-state index < -0.39 is 5.25 Å². The number of hydrogen-bond donors (Lipinski definition) is 2. The van der Waals surface area contributed by atoms with E-state index in [9.17, 15) is 9.59 Å². The first-order valence-corrected chi connectivity index (χ1v) is 10.1. The Morgan fingerprint density at radius 2 is 1.86 bits per heavy atom. The molecule has 0 heterocycles. The number of nitrogens with one attached hydrogen (secondary N) is 2. The van der Waals surface area contributed by atoms with Gasteiger partial charge < -0.3 is 20.1 Å². The van der Waals surface area contributed by atoms with Crippen LogP contribution in [0.1, 0.15) is 13.8 Å². The number of hydrogen-bond acceptors (Lipinski definition) is 5. The molecule has 2 N–H and O–H groups in total. The minimum Gasteiger partial charge on any atom is -0.495 e. The average molecular weight is 423 g/mol. The summed E-state index contributed by atoms with van der Waals surface area (Å²) in [5.41, 5.74) is 1.17. The summed E-state index contributed by atoms with van der Waals surface area (Å²) in [6, 6.07) is 12.1. The molecule has 0 aliphatic heterocycles. The first-order valence-electron chi connectivity index (χ1n) is 8.71. The fourth-order valence-corrected chi connectivity index (χ4v) is 3.14. The van der Waals surface area contributed by atoms with Crippen molar-refractivity contribution in [2.45, 2.75) is 19.1 Å². The van der Waals surface area contributed by atoms with E-state index >= 15 is 0 Å². The highest BCUT2D eigenvalue weighted by Gasteiger charge is 2.17. The molecule has 0 aliphatic carbocycles. The van der Waals surface area contributed by atoms with Crippen molar-refractivity contribution < 1.29 is 19.1 Å². The standard InChI is InChI=1S/C20H23ClN2O4S/c1-4-27-16-8-6-15(7-9-16)22-19(24)12-28-13(2)20(25)23-17-11-14(21)5-10-18(17)26-3/h5-11,13H,4,12H2,1-3H3,(H,22,24)(H,23,25). The molecular weight excluding hydrogens is 400 g/mol. The highest BCUT2D eigenvalue weighted by Crippen LogP contribution is 2.28. The quantitative estimate of drug-likeness (QED) is 0.624. The third kappa shape index (κ3) is 6.65. The summed E-state index contributed by atoms with van der Waals surface area (Å²) < 4.78 is 10.6. The van der Waals surface area contributed by atoms with E-state index in [2.05, 4.69) is 10.6 Å². The second kappa shape index (κ2) is 10.8. The maximum atomic E-state index is 12.4. The average Bonchev–Trinajstić information content (AvgIpc) is 2.68. The Kier molecular flexibility index (Phi) is 8.47. The number of ether oxygens (including phenoxy) is 2. The number of halogens is 1. The summed E-state index contributed by atoms with van der Waals surface area (Å²) in [7, 11) is 1.52. The number of amides is 2. The summed E-state index contributed by atoms with van der Waals surface area (Å²) in [5, 5.41) is 5.63. The molecule has 150 valence electrons. The minimum atomic E-state index is -0.435. The highest BCUT2D eigenvalue weighted by atomic mass is 35.5. The van der Waals surface area contributed by atoms with Crippen LogP contribution >= 0.6 is 23.4 Å². The van der Waals surface area contributed by atoms with Crippen LogP contribution in [0, 0.1) is 0 Å². The zero-order chi connectivity index (χ0) is 20.5. The van der Waals surface area contributed by atoms with E-state index in [1.807, 2.05) is 6.92 Å². The number of benzene rings is 2. The highest BCUT2D eigenvalue weighted by molar-refractivity contribution is 8.01. The first kappa shape index (κ1) is 21.9. The van der Waals surface area contributed by atoms with Gasteiger partial charge in [0.25, 0.3) is 0 Å². The largest absolute Gasteiger partial charge is 0.495 e. The van der Waals surface area contributed by atoms with Gasteiger partial charge in [0.1, 0.15) is 11.5 Å². The van der Waals surface area contributed by atoms with Gasteiger partial charge in [-0.2, -0.15) is 0 Å². The number of carbonyl (C=O) groups excluding carboxylic acids is 2. The molecule has 0 aliphatic rings. The molecule has 0 radical (unpaired) electrons. The monoisotopic (exact) mass is 422 g/mol. The Morgan fingerprint density at radius 3 is 2.50 bits per heavy atom. The van der Waals surface area contributed by atoms with Crippen molar-refractivity contribution in [1.82, 2.24) is 0 Å². The fourth-order valence-electron chi connectivity index (χ4n) is 2.29. The van der Waals surface area contributed by atoms with Crippen molar-refractivity contribution in [3.05, 3.63) is 47.5 Å². The molecule has 1 unspecified atom stereocenters. The number of thioether (sulfide) groups is 1. The van der Waals surface area contributed by atoms with Gasteiger partial charge in [-0.15, -0.1) is 11.8 Å². The topological polar surface area (TPSA) is 76.7 Å². The molecule has 0 aromatic heterocycles. The first-order chi connectivity index (χ1) is 13.4. The van der Waals surface area contributed by atoms with Crippen LogP contribution in [0.2, 0.25) is 5.02 Å². The molecule has 2 aromatic rings. The van der Waals surface area contributed by atoms with Gasteiger partial charge in [-0.25, -0.2) is 0 Å². The van der Waals surface area contributed by atoms with Gasteiger partial charge in [-0.3, -0.25) is 9.59 Å². The Morgan fingerprint density at radius 1 is 1.14 bits per heavy atom. The second-order valence-electron chi connectivity index (χ2n) is 5.79. The molecule has 1 atom stereocenters. The Hall–Kier alpha value is -2.38. The molecule has 2 rings (SSSR count). The van der Waals surface area contributed by atoms with Crippen LogP contribution in [0.15, 0.2) is 42.5 Å². The maximum absolute atomic E-state index is 12.4. The van der Waals surface area contributed by atoms with Gasteiger partial charge in [0.15, 0.2) is 0 Å². The normalized spacial score (nSPS) is 11.4. The smallest absolute Gasteiger partial charge is 0.237 e. The molecule has 6 nitrogen and oxygen atoms in total. The van der Waals surface area contributed by atoms with Gasteiger partial charge in [0.05, 0.1) is 30.4 Å². The summed E-state index contributed by atoms with van der Waals surface area (Å²) in [5.74, 6) is 0.988. The summed E-state index contributed by atoms with van der Waals surface area (Å²) in [6.07, 6.45) is 0. The Balaban J connectivity index is 1.83. The van der Waals surface area contributed by atoms with Crippen LogP contribution in [0.4, 0.5) is 11.4 Å². The van der Waals surface area contributed by atoms with Gasteiger partial charge in [-0.05, 0) is 56.3 Å². The third-order valence-corrected chi connectivity index (χ3v) is 5.08. The molecular formula is C20H23ClN2O4S. The zero-order valence-corrected chi connectivity index (χ0v) is 17.5. The zero-order valence-electron chi connectivity index (χ0n) is 16.0. The van der Waals surface area contributed by atoms with Crippen LogP contribution in [-0.4, -0.2) is 36.5 Å². The second-order valence-corrected chi connectivity index (χ2v) is 7.56. The molecule has 0 spiro atoms. The third-order valence-electron chi connectivity index (χ3n) is 3.70. The molecule has 2 amide bonds. The Bertz CT molecular complexity index is 814. The Labute approximate surface area is 173 Å². The number of anilines is 2. The molecule has 0 bridgehead atoms. The van der Waals surface area contributed by atoms with Crippen molar-refractivity contribution in [3.8, 4) is 11.5 Å². The lowest BCUT2D eigenvalue weighted by atomic mass is 10.3. The molecule has 0 fully saturated rings. The van der Waals surface area contributed by atoms with E-state index in [1.54, 1.807) is 49.4 Å². The van der Waals surface area contributed by atoms with Crippen molar-refractivity contribution in [3.63, 3.8) is 0 Å². The summed E-state index contributed by atoms with van der Waals surface area (Å²) in [4.78, 5) is 24.5. The van der Waals surface area contributed by atoms with Gasteiger partial charge in [0, 0.05) is 10.7 Å². The van der Waals surface area contributed by atoms with E-state index in [4.69, 9.17) is 21.1 Å². The van der Waals surface area contributed by atoms with Gasteiger partial charge in [-0.1, -0.05) is 11.6 Å². The molecule has 0 saturated heterocycles. The predicted octanol–water partition coefficient (Wildman–Crippen LogP) is 4.45. The lowest BCUT2D eigenvalue weighted by molar-refractivity contribution is -0.115. The van der Waals surface area contributed by atoms with E-state index in [-0.39, 0.29) is 17.6 Å². The molecule has 8 heteroatoms. The lowest BCUT2D eigenvalue weighted by Gasteiger charge is -2.14. The van der Waals surface area contributed by atoms with Crippen molar-refractivity contribution in [2.24, 2.45) is 0 Å². The van der Waals surface area contributed by atoms with Crippen LogP contribution in [0.25, 0.3) is 0 Å². The maximum Gasteiger partial charge on any atom is 0.237 e. The molecule has 28 heavy (non-hydrogen) atoms. The SMILES string of the molecule is CCOc1ccc(NC(=O)CSC(C)C(=O)Nc2cc(Cl)ccc2OC)cc1. The summed E-state index contributed by atoms with van der Waals surface area (Å²) in [6.45, 7) is 4.23. The number of methoxy groups -OCH3 is 1. The predicted molar refractivity (Wildman–Crippen MR) is 115 cm³/mol. The van der Waals surface area contributed by atoms with Crippen molar-refractivity contribution in [1.29, 1.82) is 0 Å². The van der Waals surface area contributed by atoms with E-state index in [0.29, 0.717) is 28.8 Å². The van der Waals surface area contributed by atoms with Crippen LogP contribution in [0.3, 0.4) is 0 Å². The van der Waals surface area contributed by atoms with Gasteiger partial charge in [0.2, 0.25) is 11.8 Å².